The zero-order chi connectivity index (χ0) is 22.3. The van der Waals surface area contributed by atoms with Gasteiger partial charge in [-0.1, -0.05) is 6.92 Å². The molecule has 164 valence electrons. The van der Waals surface area contributed by atoms with Gasteiger partial charge in [0.2, 0.25) is 5.82 Å². The normalized spacial score (nSPS) is 23.2. The number of fused-ring (bicyclic) bond motifs is 1. The molecular formula is C19H23FN7O4+. The maximum absolute atomic E-state index is 14.3. The van der Waals surface area contributed by atoms with E-state index in [1.807, 2.05) is 0 Å². The summed E-state index contributed by atoms with van der Waals surface area (Å²) in [6.07, 6.45) is 3.23. The number of hydrogen-bond donors (Lipinski definition) is 0. The van der Waals surface area contributed by atoms with Crippen molar-refractivity contribution < 1.29 is 28.1 Å². The molecule has 2 atom stereocenters. The summed E-state index contributed by atoms with van der Waals surface area (Å²) >= 11 is 0. The van der Waals surface area contributed by atoms with Crippen LogP contribution in [-0.4, -0.2) is 105 Å². The van der Waals surface area contributed by atoms with Crippen LogP contribution in [0.15, 0.2) is 11.3 Å². The number of likely N-dealkylation sites (N-methyl/N-ethyl adjacent to an activating group) is 2. The van der Waals surface area contributed by atoms with Crippen LogP contribution < -0.4 is 4.74 Å². The number of hydrogen-bond acceptors (Lipinski definition) is 7. The average Bonchev–Trinajstić information content (AvgIpc) is 3.39. The van der Waals surface area contributed by atoms with E-state index < -0.39 is 29.9 Å². The van der Waals surface area contributed by atoms with Gasteiger partial charge in [0.15, 0.2) is 6.54 Å². The summed E-state index contributed by atoms with van der Waals surface area (Å²) in [6, 6.07) is -1.28. The van der Waals surface area contributed by atoms with Gasteiger partial charge in [0.05, 0.1) is 12.2 Å². The molecule has 4 rings (SSSR count). The minimum atomic E-state index is -0.811. The second kappa shape index (κ2) is 8.00. The lowest BCUT2D eigenvalue weighted by Crippen LogP contribution is -2.62. The molecule has 31 heavy (non-hydrogen) atoms. The van der Waals surface area contributed by atoms with Crippen molar-refractivity contribution in [2.24, 2.45) is 4.99 Å². The number of likely N-dealkylation sites (tertiary alicyclic amines) is 1. The lowest BCUT2D eigenvalue weighted by atomic mass is 10.1. The first-order valence-electron chi connectivity index (χ1n) is 9.97. The van der Waals surface area contributed by atoms with Crippen molar-refractivity contribution in [1.29, 1.82) is 0 Å². The first-order valence-corrected chi connectivity index (χ1v) is 9.97. The molecule has 2 saturated heterocycles. The molecule has 0 bridgehead atoms. The van der Waals surface area contributed by atoms with Crippen LogP contribution in [-0.2, 0) is 16.0 Å². The minimum absolute atomic E-state index is 0.0755. The Morgan fingerprint density at radius 1 is 1.29 bits per heavy atom. The fraction of sp³-hybridized carbons (Fsp3) is 0.526. The second-order valence-electron chi connectivity index (χ2n) is 7.58. The highest BCUT2D eigenvalue weighted by Crippen LogP contribution is 2.22. The second-order valence-corrected chi connectivity index (χ2v) is 7.58. The van der Waals surface area contributed by atoms with Gasteiger partial charge < -0.3 is 9.64 Å². The number of aryl methyl sites for hydroxylation is 1. The number of halogens is 1. The fourth-order valence-corrected chi connectivity index (χ4v) is 3.86. The number of carbonyl (C=O) groups excluding carboxylic acids is 3. The number of nitrogens with zero attached hydrogens (tertiary/aromatic N) is 7. The van der Waals surface area contributed by atoms with Crippen LogP contribution in [0.5, 0.6) is 5.88 Å². The number of amides is 4. The molecule has 4 heterocycles. The van der Waals surface area contributed by atoms with Crippen molar-refractivity contribution in [3.8, 4) is 5.88 Å². The Labute approximate surface area is 177 Å². The Morgan fingerprint density at radius 3 is 2.81 bits per heavy atom. The minimum Gasteiger partial charge on any atom is -0.470 e. The monoisotopic (exact) mass is 432 g/mol. The summed E-state index contributed by atoms with van der Waals surface area (Å²) in [4.78, 5) is 53.3. The molecule has 11 nitrogen and oxygen atoms in total. The Kier molecular flexibility index (Phi) is 5.38. The van der Waals surface area contributed by atoms with Gasteiger partial charge in [0, 0.05) is 27.1 Å². The van der Waals surface area contributed by atoms with Crippen LogP contribution in [0, 0.1) is 5.82 Å². The van der Waals surface area contributed by atoms with Gasteiger partial charge in [-0.05, 0) is 11.4 Å². The number of aromatic nitrogens is 2. The summed E-state index contributed by atoms with van der Waals surface area (Å²) in [7, 11) is 2.93. The molecule has 0 radical (unpaired) electrons. The number of carbonyl (C=O) groups is 3. The standard InChI is InChI=1S/C19H23FN7O4/c1-4-12-14(20)17(22-9-21-12)31-11-5-6-26(7-11)13(28)8-27-10-23-16-15(27)18(29)25(3)19(30)24(16)2/h9-11,15H,4-8H2,1-3H3/q+1. The van der Waals surface area contributed by atoms with Crippen molar-refractivity contribution >= 4 is 30.0 Å². The Balaban J connectivity index is 1.38. The summed E-state index contributed by atoms with van der Waals surface area (Å²) < 4.78 is 21.5. The summed E-state index contributed by atoms with van der Waals surface area (Å²) in [5, 5.41) is 0. The molecule has 2 unspecified atom stereocenters. The molecule has 0 spiro atoms. The van der Waals surface area contributed by atoms with Gasteiger partial charge in [-0.3, -0.25) is 19.4 Å². The first kappa shape index (κ1) is 20.8. The predicted molar refractivity (Wildman–Crippen MR) is 105 cm³/mol. The molecule has 0 aromatic carbocycles. The molecule has 0 aliphatic carbocycles. The van der Waals surface area contributed by atoms with Crippen LogP contribution in [0.1, 0.15) is 19.0 Å². The van der Waals surface area contributed by atoms with Crippen molar-refractivity contribution in [1.82, 2.24) is 24.7 Å². The predicted octanol–water partition coefficient (Wildman–Crippen LogP) is -0.497. The molecule has 12 heteroatoms. The molecule has 2 fully saturated rings. The highest BCUT2D eigenvalue weighted by molar-refractivity contribution is 6.21. The number of imide groups is 1. The maximum atomic E-state index is 14.3. The third-order valence-electron chi connectivity index (χ3n) is 5.65. The van der Waals surface area contributed by atoms with Gasteiger partial charge >= 0.3 is 6.03 Å². The van der Waals surface area contributed by atoms with Crippen molar-refractivity contribution in [3.05, 3.63) is 17.8 Å². The van der Waals surface area contributed by atoms with E-state index in [2.05, 4.69) is 15.0 Å². The number of aliphatic imine (C=N–C) groups is 1. The summed E-state index contributed by atoms with van der Waals surface area (Å²) in [6.45, 7) is 2.43. The topological polar surface area (TPSA) is 111 Å². The van der Waals surface area contributed by atoms with E-state index in [-0.39, 0.29) is 30.6 Å². The van der Waals surface area contributed by atoms with Gasteiger partial charge in [-0.15, -0.1) is 0 Å². The van der Waals surface area contributed by atoms with E-state index in [0.717, 1.165) is 4.90 Å². The zero-order valence-electron chi connectivity index (χ0n) is 17.5. The van der Waals surface area contributed by atoms with E-state index in [1.165, 1.54) is 36.2 Å². The van der Waals surface area contributed by atoms with Crippen LogP contribution in [0.2, 0.25) is 0 Å². The molecule has 1 aromatic heterocycles. The molecule has 3 aliphatic heterocycles. The molecule has 3 aliphatic rings. The first-order chi connectivity index (χ1) is 14.8. The fourth-order valence-electron chi connectivity index (χ4n) is 3.86. The van der Waals surface area contributed by atoms with E-state index in [0.29, 0.717) is 25.2 Å². The molecule has 0 saturated carbocycles. The van der Waals surface area contributed by atoms with Crippen LogP contribution in [0.3, 0.4) is 0 Å². The third kappa shape index (κ3) is 3.62. The summed E-state index contributed by atoms with van der Waals surface area (Å²) in [5.41, 5.74) is 0.280. The average molecular weight is 432 g/mol. The highest BCUT2D eigenvalue weighted by Gasteiger charge is 2.51. The van der Waals surface area contributed by atoms with Crippen molar-refractivity contribution in [2.75, 3.05) is 33.7 Å². The Hall–Kier alpha value is -3.44. The van der Waals surface area contributed by atoms with Crippen LogP contribution in [0.4, 0.5) is 9.18 Å². The van der Waals surface area contributed by atoms with Crippen molar-refractivity contribution in [2.45, 2.75) is 31.9 Å². The number of amidine groups is 1. The van der Waals surface area contributed by atoms with E-state index in [9.17, 15) is 18.8 Å². The van der Waals surface area contributed by atoms with Gasteiger partial charge in [-0.25, -0.2) is 14.4 Å². The summed E-state index contributed by atoms with van der Waals surface area (Å²) in [5.74, 6) is -1.04. The smallest absolute Gasteiger partial charge is 0.333 e. The maximum Gasteiger partial charge on any atom is 0.333 e. The Morgan fingerprint density at radius 2 is 2.06 bits per heavy atom. The van der Waals surface area contributed by atoms with E-state index >= 15 is 0 Å². The quantitative estimate of drug-likeness (QED) is 0.580. The number of urea groups is 1. The number of rotatable bonds is 5. The zero-order valence-corrected chi connectivity index (χ0v) is 17.5. The van der Waals surface area contributed by atoms with Crippen LogP contribution >= 0.6 is 0 Å². The molecule has 4 amide bonds. The van der Waals surface area contributed by atoms with Gasteiger partial charge in [-0.2, -0.15) is 9.37 Å². The van der Waals surface area contributed by atoms with Crippen LogP contribution in [0.25, 0.3) is 0 Å². The molecular weight excluding hydrogens is 409 g/mol. The van der Waals surface area contributed by atoms with Gasteiger partial charge in [0.1, 0.15) is 12.4 Å². The van der Waals surface area contributed by atoms with Crippen molar-refractivity contribution in [3.63, 3.8) is 0 Å². The van der Waals surface area contributed by atoms with E-state index in [4.69, 9.17) is 4.74 Å². The third-order valence-corrected chi connectivity index (χ3v) is 5.65. The SMILES string of the molecule is CCc1ncnc(OC2CCN(C(=O)C[N+]3=CN=C4C3C(=O)N(C)C(=O)N4C)C2)c1F. The Bertz CT molecular complexity index is 1010. The lowest BCUT2D eigenvalue weighted by molar-refractivity contribution is -0.520. The largest absolute Gasteiger partial charge is 0.470 e. The lowest BCUT2D eigenvalue weighted by Gasteiger charge is -2.30. The number of ether oxygens (including phenoxy) is 1. The highest BCUT2D eigenvalue weighted by atomic mass is 19.1. The van der Waals surface area contributed by atoms with Gasteiger partial charge in [0.25, 0.3) is 35.9 Å². The molecule has 0 N–H and O–H groups in total. The van der Waals surface area contributed by atoms with E-state index in [1.54, 1.807) is 11.8 Å². The molecule has 1 aromatic rings.